The maximum absolute atomic E-state index is 12.0. The van der Waals surface area contributed by atoms with E-state index in [2.05, 4.69) is 25.9 Å². The van der Waals surface area contributed by atoms with Crippen LogP contribution in [-0.4, -0.2) is 38.0 Å². The maximum atomic E-state index is 12.0. The van der Waals surface area contributed by atoms with E-state index in [1.54, 1.807) is 16.6 Å². The highest BCUT2D eigenvalue weighted by molar-refractivity contribution is 5.82. The third-order valence-electron chi connectivity index (χ3n) is 4.32. The van der Waals surface area contributed by atoms with Gasteiger partial charge in [0.15, 0.2) is 6.61 Å². The van der Waals surface area contributed by atoms with Crippen molar-refractivity contribution >= 4 is 17.6 Å². The fourth-order valence-electron chi connectivity index (χ4n) is 2.78. The number of aromatic nitrogens is 4. The number of fused-ring (bicyclic) bond motifs is 1. The Morgan fingerprint density at radius 3 is 2.54 bits per heavy atom. The van der Waals surface area contributed by atoms with Gasteiger partial charge in [0.2, 0.25) is 5.91 Å². The summed E-state index contributed by atoms with van der Waals surface area (Å²) in [5.74, 6) is 0.381. The smallest absolute Gasteiger partial charge is 0.276 e. The third-order valence-corrected chi connectivity index (χ3v) is 4.32. The summed E-state index contributed by atoms with van der Waals surface area (Å²) in [6.07, 6.45) is 2.12. The van der Waals surface area contributed by atoms with Gasteiger partial charge in [-0.05, 0) is 44.9 Å². The van der Waals surface area contributed by atoms with Crippen LogP contribution in [0.15, 0.2) is 30.6 Å². The Kier molecular flexibility index (Phi) is 5.83. The van der Waals surface area contributed by atoms with Crippen LogP contribution < -0.4 is 15.6 Å². The van der Waals surface area contributed by atoms with Crippen molar-refractivity contribution in [3.05, 3.63) is 53.1 Å². The molecule has 2 heterocycles. The summed E-state index contributed by atoms with van der Waals surface area (Å²) in [4.78, 5) is 32.3. The van der Waals surface area contributed by atoms with Crippen LogP contribution in [0.2, 0.25) is 0 Å². The van der Waals surface area contributed by atoms with Crippen LogP contribution in [0.4, 0.5) is 0 Å². The lowest BCUT2D eigenvalue weighted by molar-refractivity contribution is -0.130. The number of hydrogen-bond acceptors (Lipinski definition) is 6. The summed E-state index contributed by atoms with van der Waals surface area (Å²) in [5, 5.41) is 4.13. The monoisotopic (exact) mass is 382 g/mol. The first kappa shape index (κ1) is 19.3. The number of nitrogens with one attached hydrogen (secondary N) is 2. The average molecular weight is 382 g/mol. The molecule has 0 saturated heterocycles. The first-order chi connectivity index (χ1) is 13.4. The summed E-state index contributed by atoms with van der Waals surface area (Å²) in [5.41, 5.74) is 8.48. The van der Waals surface area contributed by atoms with Crippen molar-refractivity contribution in [2.75, 3.05) is 6.61 Å². The highest BCUT2D eigenvalue weighted by Crippen LogP contribution is 2.14. The first-order valence-corrected chi connectivity index (χ1v) is 8.87. The Balaban J connectivity index is 1.45. The number of aryl methyl sites for hydroxylation is 3. The Morgan fingerprint density at radius 2 is 1.79 bits per heavy atom. The Bertz CT molecular complexity index is 997. The van der Waals surface area contributed by atoms with Gasteiger partial charge in [0.05, 0.1) is 0 Å². The predicted octanol–water partition coefficient (Wildman–Crippen LogP) is 1.21. The second-order valence-corrected chi connectivity index (χ2v) is 6.43. The van der Waals surface area contributed by atoms with E-state index in [-0.39, 0.29) is 18.9 Å². The van der Waals surface area contributed by atoms with Gasteiger partial charge < -0.3 is 4.74 Å². The van der Waals surface area contributed by atoms with Crippen LogP contribution in [0.1, 0.15) is 28.9 Å². The van der Waals surface area contributed by atoms with Crippen LogP contribution in [0.3, 0.4) is 0 Å². The van der Waals surface area contributed by atoms with Gasteiger partial charge in [-0.2, -0.15) is 10.1 Å². The topological polar surface area (TPSA) is 111 Å². The summed E-state index contributed by atoms with van der Waals surface area (Å²) in [6.45, 7) is 5.57. The molecule has 28 heavy (non-hydrogen) atoms. The second kappa shape index (κ2) is 8.47. The van der Waals surface area contributed by atoms with Gasteiger partial charge in [-0.1, -0.05) is 17.7 Å². The Labute approximate surface area is 162 Å². The lowest BCUT2D eigenvalue weighted by atomic mass is 10.1. The zero-order valence-corrected chi connectivity index (χ0v) is 16.0. The maximum Gasteiger partial charge on any atom is 0.276 e. The van der Waals surface area contributed by atoms with E-state index in [1.165, 1.54) is 6.33 Å². The van der Waals surface area contributed by atoms with Crippen molar-refractivity contribution < 1.29 is 14.3 Å². The molecular weight excluding hydrogens is 360 g/mol. The normalized spacial score (nSPS) is 10.7. The van der Waals surface area contributed by atoms with Gasteiger partial charge in [0.1, 0.15) is 12.1 Å². The van der Waals surface area contributed by atoms with Crippen LogP contribution in [0, 0.1) is 20.8 Å². The number of nitrogens with zero attached hydrogens (tertiary/aromatic N) is 4. The molecule has 0 aliphatic carbocycles. The summed E-state index contributed by atoms with van der Waals surface area (Å²) in [6, 6.07) is 7.35. The molecule has 3 rings (SSSR count). The summed E-state index contributed by atoms with van der Waals surface area (Å²) < 4.78 is 7.01. The lowest BCUT2D eigenvalue weighted by Gasteiger charge is -2.11. The second-order valence-electron chi connectivity index (χ2n) is 6.43. The molecule has 3 aromatic rings. The molecule has 9 nitrogen and oxygen atoms in total. The molecule has 0 unspecified atom stereocenters. The zero-order chi connectivity index (χ0) is 20.1. The quantitative estimate of drug-likeness (QED) is 0.620. The van der Waals surface area contributed by atoms with Crippen LogP contribution >= 0.6 is 0 Å². The van der Waals surface area contributed by atoms with E-state index in [1.807, 2.05) is 32.9 Å². The van der Waals surface area contributed by atoms with Gasteiger partial charge in [-0.15, -0.1) is 0 Å². The lowest BCUT2D eigenvalue weighted by Crippen LogP contribution is -2.43. The van der Waals surface area contributed by atoms with E-state index >= 15 is 0 Å². The number of carbonyl (C=O) groups is 2. The first-order valence-electron chi connectivity index (χ1n) is 8.87. The minimum Gasteiger partial charge on any atom is -0.484 e. The van der Waals surface area contributed by atoms with E-state index < -0.39 is 5.91 Å². The van der Waals surface area contributed by atoms with Crippen molar-refractivity contribution in [3.63, 3.8) is 0 Å². The van der Waals surface area contributed by atoms with E-state index in [4.69, 9.17) is 4.74 Å². The molecule has 2 N–H and O–H groups in total. The molecule has 0 atom stereocenters. The molecule has 2 amide bonds. The molecular formula is C19H22N6O3. The number of hydrogen-bond donors (Lipinski definition) is 2. The highest BCUT2D eigenvalue weighted by Gasteiger charge is 2.13. The van der Waals surface area contributed by atoms with E-state index in [9.17, 15) is 9.59 Å². The molecule has 1 aromatic carbocycles. The zero-order valence-electron chi connectivity index (χ0n) is 16.0. The van der Waals surface area contributed by atoms with Crippen molar-refractivity contribution in [1.29, 1.82) is 0 Å². The fraction of sp³-hybridized carbons (Fsp3) is 0.316. The molecule has 0 radical (unpaired) electrons. The standard InChI is InChI=1S/C19H22N6O3/c1-12-4-6-15(7-5-12)28-10-18(27)24-23-17(26)9-8-16-13(2)22-19-20-11-21-25(19)14(16)3/h4-7,11H,8-10H2,1-3H3,(H,23,26)(H,24,27). The van der Waals surface area contributed by atoms with Crippen molar-refractivity contribution in [3.8, 4) is 5.75 Å². The number of amides is 2. The molecule has 0 fully saturated rings. The molecule has 0 saturated carbocycles. The summed E-state index contributed by atoms with van der Waals surface area (Å²) >= 11 is 0. The number of benzene rings is 1. The van der Waals surface area contributed by atoms with Crippen molar-refractivity contribution in [2.24, 2.45) is 0 Å². The number of ether oxygens (including phenoxy) is 1. The molecule has 0 bridgehead atoms. The molecule has 0 spiro atoms. The van der Waals surface area contributed by atoms with Crippen LogP contribution in [0.25, 0.3) is 5.78 Å². The van der Waals surface area contributed by atoms with Gasteiger partial charge in [0, 0.05) is 17.8 Å². The van der Waals surface area contributed by atoms with Crippen molar-refractivity contribution in [1.82, 2.24) is 30.4 Å². The van der Waals surface area contributed by atoms with Gasteiger partial charge in [-0.3, -0.25) is 20.4 Å². The molecule has 9 heteroatoms. The van der Waals surface area contributed by atoms with Gasteiger partial charge in [-0.25, -0.2) is 9.50 Å². The third kappa shape index (κ3) is 4.61. The minimum absolute atomic E-state index is 0.186. The number of hydrazine groups is 1. The van der Waals surface area contributed by atoms with Gasteiger partial charge in [0.25, 0.3) is 11.7 Å². The highest BCUT2D eigenvalue weighted by atomic mass is 16.5. The van der Waals surface area contributed by atoms with Gasteiger partial charge >= 0.3 is 0 Å². The average Bonchev–Trinajstić information content (AvgIpc) is 3.14. The number of rotatable bonds is 6. The Hall–Kier alpha value is -3.49. The molecule has 146 valence electrons. The molecule has 0 aliphatic rings. The summed E-state index contributed by atoms with van der Waals surface area (Å²) in [7, 11) is 0. The predicted molar refractivity (Wildman–Crippen MR) is 102 cm³/mol. The van der Waals surface area contributed by atoms with Crippen LogP contribution in [0.5, 0.6) is 5.75 Å². The van der Waals surface area contributed by atoms with E-state index in [0.29, 0.717) is 17.9 Å². The SMILES string of the molecule is Cc1ccc(OCC(=O)NNC(=O)CCc2c(C)nc3ncnn3c2C)cc1. The Morgan fingerprint density at radius 1 is 1.07 bits per heavy atom. The number of carbonyl (C=O) groups excluding carboxylic acids is 2. The van der Waals surface area contributed by atoms with Crippen LogP contribution in [-0.2, 0) is 16.0 Å². The molecule has 0 aliphatic heterocycles. The van der Waals surface area contributed by atoms with Crippen molar-refractivity contribution in [2.45, 2.75) is 33.6 Å². The van der Waals surface area contributed by atoms with E-state index in [0.717, 1.165) is 22.5 Å². The largest absolute Gasteiger partial charge is 0.484 e. The fourth-order valence-corrected chi connectivity index (χ4v) is 2.78. The minimum atomic E-state index is -0.438. The molecule has 2 aromatic heterocycles.